The van der Waals surface area contributed by atoms with Crippen LogP contribution in [0, 0.1) is 0 Å². The van der Waals surface area contributed by atoms with Gasteiger partial charge in [0.25, 0.3) is 0 Å². The Balaban J connectivity index is 2.41. The minimum atomic E-state index is 0.128. The predicted octanol–water partition coefficient (Wildman–Crippen LogP) is 1.85. The van der Waals surface area contributed by atoms with Gasteiger partial charge in [0.15, 0.2) is 0 Å². The predicted molar refractivity (Wildman–Crippen MR) is 74.3 cm³/mol. The Morgan fingerprint density at radius 2 is 2.06 bits per heavy atom. The first-order chi connectivity index (χ1) is 8.28. The van der Waals surface area contributed by atoms with Crippen LogP contribution in [-0.4, -0.2) is 35.0 Å². The van der Waals surface area contributed by atoms with Crippen LogP contribution in [0.2, 0.25) is 0 Å². The molecule has 0 saturated heterocycles. The summed E-state index contributed by atoms with van der Waals surface area (Å²) < 4.78 is 2.07. The Bertz CT molecular complexity index is 388. The van der Waals surface area contributed by atoms with E-state index < -0.39 is 0 Å². The first-order valence-corrected chi connectivity index (χ1v) is 6.38. The molecule has 0 spiro atoms. The molecule has 0 radical (unpaired) electrons. The summed E-state index contributed by atoms with van der Waals surface area (Å²) in [7, 11) is 3.58. The number of hydrogen-bond acceptors (Lipinski definition) is 2. The van der Waals surface area contributed by atoms with Crippen molar-refractivity contribution >= 4 is 5.91 Å². The number of carbonyl (C=O) groups is 1. The molecule has 0 atom stereocenters. The lowest BCUT2D eigenvalue weighted by atomic mass is 10.1. The average molecular weight is 251 g/mol. The summed E-state index contributed by atoms with van der Waals surface area (Å²) in [6, 6.07) is 2.10. The van der Waals surface area contributed by atoms with Gasteiger partial charge in [-0.25, -0.2) is 0 Å². The fourth-order valence-corrected chi connectivity index (χ4v) is 1.55. The minimum absolute atomic E-state index is 0.128. The normalized spacial score (nSPS) is 11.6. The lowest BCUT2D eigenvalue weighted by Crippen LogP contribution is -2.34. The second kappa shape index (κ2) is 6.05. The van der Waals surface area contributed by atoms with E-state index in [1.54, 1.807) is 19.0 Å². The van der Waals surface area contributed by atoms with Crippen LogP contribution in [-0.2, 0) is 17.9 Å². The largest absolute Gasteiger partial charge is 0.353 e. The summed E-state index contributed by atoms with van der Waals surface area (Å²) in [5.41, 5.74) is 1.38. The van der Waals surface area contributed by atoms with Gasteiger partial charge in [-0.15, -0.1) is 0 Å². The van der Waals surface area contributed by atoms with Crippen molar-refractivity contribution in [3.63, 3.8) is 0 Å². The van der Waals surface area contributed by atoms with Gasteiger partial charge >= 0.3 is 0 Å². The highest BCUT2D eigenvalue weighted by Crippen LogP contribution is 2.06. The summed E-state index contributed by atoms with van der Waals surface area (Å²) in [5.74, 6) is 0.165. The molecular weight excluding hydrogens is 226 g/mol. The third kappa shape index (κ3) is 5.36. The third-order valence-corrected chi connectivity index (χ3v) is 2.72. The van der Waals surface area contributed by atoms with E-state index in [-0.39, 0.29) is 11.4 Å². The molecule has 4 nitrogen and oxygen atoms in total. The van der Waals surface area contributed by atoms with Crippen LogP contribution < -0.4 is 5.32 Å². The summed E-state index contributed by atoms with van der Waals surface area (Å²) >= 11 is 0. The number of nitrogens with one attached hydrogen (secondary N) is 1. The minimum Gasteiger partial charge on any atom is -0.353 e. The molecule has 0 bridgehead atoms. The Morgan fingerprint density at radius 3 is 2.61 bits per heavy atom. The molecule has 1 amide bonds. The van der Waals surface area contributed by atoms with Crippen molar-refractivity contribution in [2.45, 2.75) is 45.8 Å². The monoisotopic (exact) mass is 251 g/mol. The molecule has 0 aliphatic carbocycles. The molecule has 4 heteroatoms. The molecule has 1 aromatic heterocycles. The van der Waals surface area contributed by atoms with E-state index in [9.17, 15) is 4.79 Å². The van der Waals surface area contributed by atoms with Gasteiger partial charge in [-0.2, -0.15) is 0 Å². The van der Waals surface area contributed by atoms with Crippen LogP contribution in [0.25, 0.3) is 0 Å². The number of amides is 1. The van der Waals surface area contributed by atoms with E-state index in [2.05, 4.69) is 42.9 Å². The third-order valence-electron chi connectivity index (χ3n) is 2.72. The van der Waals surface area contributed by atoms with Gasteiger partial charge in [-0.3, -0.25) is 4.79 Å². The van der Waals surface area contributed by atoms with Gasteiger partial charge in [-0.1, -0.05) is 0 Å². The van der Waals surface area contributed by atoms with Crippen molar-refractivity contribution in [1.82, 2.24) is 14.8 Å². The quantitative estimate of drug-likeness (QED) is 0.867. The molecule has 1 rings (SSSR count). The van der Waals surface area contributed by atoms with Crippen molar-refractivity contribution in [3.8, 4) is 0 Å². The Kier molecular flexibility index (Phi) is 4.96. The van der Waals surface area contributed by atoms with Gasteiger partial charge in [0, 0.05) is 51.5 Å². The number of rotatable bonds is 5. The number of aryl methyl sites for hydroxylation is 1. The fraction of sp³-hybridized carbons (Fsp3) is 0.643. The smallest absolute Gasteiger partial charge is 0.223 e. The zero-order valence-corrected chi connectivity index (χ0v) is 12.2. The van der Waals surface area contributed by atoms with Crippen LogP contribution in [0.4, 0.5) is 0 Å². The van der Waals surface area contributed by atoms with Gasteiger partial charge in [-0.05, 0) is 32.4 Å². The molecule has 1 N–H and O–H groups in total. The van der Waals surface area contributed by atoms with E-state index in [1.165, 1.54) is 5.56 Å². The molecule has 0 fully saturated rings. The molecule has 0 aliphatic rings. The molecule has 102 valence electrons. The Hall–Kier alpha value is -1.29. The average Bonchev–Trinajstić information content (AvgIpc) is 2.70. The van der Waals surface area contributed by atoms with Crippen molar-refractivity contribution in [1.29, 1.82) is 0 Å². The Labute approximate surface area is 110 Å². The van der Waals surface area contributed by atoms with Gasteiger partial charge in [0.2, 0.25) is 5.91 Å². The number of nitrogens with zero attached hydrogens (tertiary/aromatic N) is 2. The topological polar surface area (TPSA) is 37.3 Å². The molecule has 0 aromatic carbocycles. The number of hydrogen-bond donors (Lipinski definition) is 1. The standard InChI is InChI=1S/C14H25N3O/c1-14(2,3)15-10-12-6-8-17(11-12)9-7-13(18)16(4)5/h6,8,11,15H,7,9-10H2,1-5H3. The molecule has 1 aromatic rings. The summed E-state index contributed by atoms with van der Waals surface area (Å²) in [5, 5.41) is 3.45. The fourth-order valence-electron chi connectivity index (χ4n) is 1.55. The zero-order valence-electron chi connectivity index (χ0n) is 12.2. The maximum absolute atomic E-state index is 11.5. The maximum atomic E-state index is 11.5. The SMILES string of the molecule is CN(C)C(=O)CCn1ccc(CNC(C)(C)C)c1. The Morgan fingerprint density at radius 1 is 1.39 bits per heavy atom. The lowest BCUT2D eigenvalue weighted by Gasteiger charge is -2.19. The van der Waals surface area contributed by atoms with E-state index in [4.69, 9.17) is 0 Å². The van der Waals surface area contributed by atoms with Gasteiger partial charge in [0.05, 0.1) is 0 Å². The van der Waals surface area contributed by atoms with Crippen LogP contribution in [0.5, 0.6) is 0 Å². The molecule has 0 aliphatic heterocycles. The maximum Gasteiger partial charge on any atom is 0.223 e. The second-order valence-electron chi connectivity index (χ2n) is 5.90. The van der Waals surface area contributed by atoms with Gasteiger partial charge in [0.1, 0.15) is 0 Å². The summed E-state index contributed by atoms with van der Waals surface area (Å²) in [4.78, 5) is 13.1. The second-order valence-corrected chi connectivity index (χ2v) is 5.90. The van der Waals surface area contributed by atoms with Crippen LogP contribution in [0.1, 0.15) is 32.8 Å². The van der Waals surface area contributed by atoms with E-state index in [1.807, 2.05) is 6.20 Å². The number of aromatic nitrogens is 1. The highest BCUT2D eigenvalue weighted by atomic mass is 16.2. The lowest BCUT2D eigenvalue weighted by molar-refractivity contribution is -0.128. The molecule has 18 heavy (non-hydrogen) atoms. The highest BCUT2D eigenvalue weighted by molar-refractivity contribution is 5.75. The van der Waals surface area contributed by atoms with Crippen LogP contribution >= 0.6 is 0 Å². The summed E-state index contributed by atoms with van der Waals surface area (Å²) in [6.07, 6.45) is 4.68. The molecule has 1 heterocycles. The van der Waals surface area contributed by atoms with Crippen LogP contribution in [0.15, 0.2) is 18.5 Å². The first-order valence-electron chi connectivity index (χ1n) is 6.38. The van der Waals surface area contributed by atoms with Crippen molar-refractivity contribution in [2.75, 3.05) is 14.1 Å². The molecule has 0 unspecified atom stereocenters. The highest BCUT2D eigenvalue weighted by Gasteiger charge is 2.09. The van der Waals surface area contributed by atoms with Crippen LogP contribution in [0.3, 0.4) is 0 Å². The van der Waals surface area contributed by atoms with E-state index in [0.29, 0.717) is 6.42 Å². The van der Waals surface area contributed by atoms with Crippen molar-refractivity contribution < 1.29 is 4.79 Å². The van der Waals surface area contributed by atoms with Crippen molar-refractivity contribution in [2.24, 2.45) is 0 Å². The first kappa shape index (κ1) is 14.8. The van der Waals surface area contributed by atoms with Crippen molar-refractivity contribution in [3.05, 3.63) is 24.0 Å². The van der Waals surface area contributed by atoms with E-state index >= 15 is 0 Å². The van der Waals surface area contributed by atoms with E-state index in [0.717, 1.165) is 13.1 Å². The number of carbonyl (C=O) groups excluding carboxylic acids is 1. The van der Waals surface area contributed by atoms with Gasteiger partial charge < -0.3 is 14.8 Å². The molecule has 0 saturated carbocycles. The molecular formula is C14H25N3O. The summed E-state index contributed by atoms with van der Waals surface area (Å²) in [6.45, 7) is 8.06. The zero-order chi connectivity index (χ0) is 13.8.